The van der Waals surface area contributed by atoms with Gasteiger partial charge in [0.1, 0.15) is 18.8 Å². The number of hydrogen-bond acceptors (Lipinski definition) is 12. The van der Waals surface area contributed by atoms with Crippen molar-refractivity contribution in [1.29, 1.82) is 0 Å². The predicted octanol–water partition coefficient (Wildman–Crippen LogP) is -5.59. The van der Waals surface area contributed by atoms with Crippen molar-refractivity contribution in [3.63, 3.8) is 0 Å². The average Bonchev–Trinajstić information content (AvgIpc) is 2.98. The molecule has 0 aromatic carbocycles. The molecular weight excluding hydrogens is 417 g/mol. The van der Waals surface area contributed by atoms with Crippen LogP contribution >= 0.6 is 11.3 Å². The fourth-order valence-corrected chi connectivity index (χ4v) is 3.47. The molecule has 3 N–H and O–H groups in total. The number of oxime groups is 1. The molecule has 1 aliphatic heterocycles. The summed E-state index contributed by atoms with van der Waals surface area (Å²) in [7, 11) is -3.19. The number of methoxy groups -OCH3 is 1. The summed E-state index contributed by atoms with van der Waals surface area (Å²) >= 11 is 1.01. The van der Waals surface area contributed by atoms with Gasteiger partial charge >= 0.3 is 35.5 Å². The number of amides is 2. The molecule has 16 heteroatoms. The number of β-lactam (4-membered cyclic amide) rings is 1. The topological polar surface area (TPSA) is 193 Å². The van der Waals surface area contributed by atoms with Gasteiger partial charge in [0.2, 0.25) is 0 Å². The maximum Gasteiger partial charge on any atom is 1.00 e. The summed E-state index contributed by atoms with van der Waals surface area (Å²) < 4.78 is 37.5. The number of carbonyl (C=O) groups excluding carboxylic acids is 3. The average molecular weight is 429 g/mol. The van der Waals surface area contributed by atoms with Gasteiger partial charge in [-0.1, -0.05) is 5.16 Å². The van der Waals surface area contributed by atoms with Crippen molar-refractivity contribution >= 4 is 50.3 Å². The fourth-order valence-electron chi connectivity index (χ4n) is 2.11. The van der Waals surface area contributed by atoms with Crippen molar-refractivity contribution in [3.05, 3.63) is 11.1 Å². The number of anilines is 1. The molecule has 0 bridgehead atoms. The minimum absolute atomic E-state index is 0. The smallest absolute Gasteiger partial charge is 0.731 e. The van der Waals surface area contributed by atoms with Gasteiger partial charge < -0.3 is 25.2 Å². The van der Waals surface area contributed by atoms with Crippen LogP contribution in [0.1, 0.15) is 5.69 Å². The molecule has 0 aliphatic carbocycles. The van der Waals surface area contributed by atoms with Crippen molar-refractivity contribution in [2.45, 2.75) is 12.1 Å². The third-order valence-corrected chi connectivity index (χ3v) is 4.75. The quantitative estimate of drug-likeness (QED) is 0.110. The summed E-state index contributed by atoms with van der Waals surface area (Å²) in [6, 6.07) is -3.47. The van der Waals surface area contributed by atoms with E-state index in [1.165, 1.54) is 5.38 Å². The first kappa shape index (κ1) is 23.3. The summed E-state index contributed by atoms with van der Waals surface area (Å²) in [6.45, 7) is 0. The summed E-state index contributed by atoms with van der Waals surface area (Å²) in [5.74, 6) is -3.50. The molecule has 1 aromatic rings. The van der Waals surface area contributed by atoms with Crippen LogP contribution in [0.25, 0.3) is 0 Å². The maximum absolute atomic E-state index is 12.4. The van der Waals surface area contributed by atoms with Crippen molar-refractivity contribution in [1.82, 2.24) is 14.6 Å². The Morgan fingerprint density at radius 3 is 2.52 bits per heavy atom. The molecule has 0 spiro atoms. The number of ether oxygens (including phenoxy) is 1. The van der Waals surface area contributed by atoms with Crippen LogP contribution in [0.3, 0.4) is 0 Å². The van der Waals surface area contributed by atoms with Crippen LogP contribution in [-0.2, 0) is 34.3 Å². The number of nitrogens with two attached hydrogens (primary N) is 1. The molecule has 0 radical (unpaired) electrons. The monoisotopic (exact) mass is 429 g/mol. The van der Waals surface area contributed by atoms with E-state index in [0.29, 0.717) is 0 Å². The molecule has 1 aliphatic rings. The zero-order valence-corrected chi connectivity index (χ0v) is 17.9. The Labute approximate surface area is 179 Å². The predicted molar refractivity (Wildman–Crippen MR) is 84.4 cm³/mol. The van der Waals surface area contributed by atoms with Crippen molar-refractivity contribution < 1.29 is 66.5 Å². The number of nitrogens with zero attached hydrogens (tertiary/aromatic N) is 3. The summed E-state index contributed by atoms with van der Waals surface area (Å²) in [6.07, 6.45) is 0. The Hall–Kier alpha value is -1.78. The van der Waals surface area contributed by atoms with Crippen LogP contribution in [0.15, 0.2) is 10.5 Å². The van der Waals surface area contributed by atoms with Crippen molar-refractivity contribution in [3.8, 4) is 0 Å². The first-order chi connectivity index (χ1) is 12.1. The molecule has 2 atom stereocenters. The molecule has 0 unspecified atom stereocenters. The molecule has 2 amide bonds. The Balaban J connectivity index is 0.00000364. The first-order valence-corrected chi connectivity index (χ1v) is 8.86. The van der Waals surface area contributed by atoms with E-state index >= 15 is 0 Å². The van der Waals surface area contributed by atoms with Crippen LogP contribution in [0.2, 0.25) is 0 Å². The van der Waals surface area contributed by atoms with E-state index in [-0.39, 0.29) is 50.4 Å². The van der Waals surface area contributed by atoms with E-state index in [9.17, 15) is 27.4 Å². The number of aromatic nitrogens is 1. The Bertz CT molecular complexity index is 885. The van der Waals surface area contributed by atoms with Crippen LogP contribution in [0.4, 0.5) is 5.13 Å². The van der Waals surface area contributed by atoms with Gasteiger partial charge in [-0.05, 0) is 0 Å². The van der Waals surface area contributed by atoms with E-state index in [4.69, 9.17) is 5.73 Å². The molecule has 1 saturated heterocycles. The van der Waals surface area contributed by atoms with Crippen LogP contribution in [-0.4, -0.2) is 72.1 Å². The minimum atomic E-state index is -5.27. The molecule has 2 rings (SSSR count). The molecule has 0 saturated carbocycles. The standard InChI is InChI=1S/C11H13N5O8S2.Na/c1-23-10(19)7-6(9(18)16(7)26(20,21)22)14-8(17)5(15-24-2)4-3-25-11(12)13-4;/h3,6-7H,1-2H3,(H2,12,13)(H,14,17)(H,20,21,22);/q;+1/p-1/t6-,7+;/m1./s1. The number of nitrogen functional groups attached to an aromatic ring is 1. The zero-order valence-electron chi connectivity index (χ0n) is 14.2. The second-order valence-electron chi connectivity index (χ2n) is 4.70. The van der Waals surface area contributed by atoms with E-state index in [1.54, 1.807) is 0 Å². The normalized spacial score (nSPS) is 19.6. The van der Waals surface area contributed by atoms with Gasteiger partial charge in [-0.25, -0.2) is 22.5 Å². The van der Waals surface area contributed by atoms with Crippen LogP contribution < -0.4 is 40.6 Å². The molecule has 1 aromatic heterocycles. The number of rotatable bonds is 6. The van der Waals surface area contributed by atoms with Gasteiger partial charge in [-0.2, -0.15) is 0 Å². The summed E-state index contributed by atoms with van der Waals surface area (Å²) in [5.41, 5.74) is 5.13. The first-order valence-electron chi connectivity index (χ1n) is 6.62. The second-order valence-corrected chi connectivity index (χ2v) is 6.84. The molecular formula is C11H12N5NaO8S2. The van der Waals surface area contributed by atoms with Gasteiger partial charge in [0.25, 0.3) is 11.8 Å². The number of carbonyl (C=O) groups is 3. The van der Waals surface area contributed by atoms with E-state index in [0.717, 1.165) is 25.6 Å². The minimum Gasteiger partial charge on any atom is -0.731 e. The van der Waals surface area contributed by atoms with Crippen LogP contribution in [0.5, 0.6) is 0 Å². The number of nitrogens with one attached hydrogen (secondary N) is 1. The van der Waals surface area contributed by atoms with Crippen LogP contribution in [0, 0.1) is 0 Å². The molecule has 27 heavy (non-hydrogen) atoms. The van der Waals surface area contributed by atoms with Crippen molar-refractivity contribution in [2.24, 2.45) is 5.16 Å². The largest absolute Gasteiger partial charge is 1.00 e. The third-order valence-electron chi connectivity index (χ3n) is 3.18. The van der Waals surface area contributed by atoms with E-state index in [2.05, 4.69) is 25.0 Å². The Kier molecular flexibility index (Phi) is 7.70. The van der Waals surface area contributed by atoms with Gasteiger partial charge in [-0.3, -0.25) is 9.59 Å². The molecule has 2 heterocycles. The third kappa shape index (κ3) is 4.74. The van der Waals surface area contributed by atoms with Gasteiger partial charge in [0.05, 0.1) is 7.11 Å². The van der Waals surface area contributed by atoms with Gasteiger partial charge in [0, 0.05) is 5.38 Å². The Morgan fingerprint density at radius 1 is 1.44 bits per heavy atom. The van der Waals surface area contributed by atoms with Gasteiger partial charge in [-0.15, -0.1) is 11.3 Å². The van der Waals surface area contributed by atoms with E-state index in [1.807, 2.05) is 0 Å². The van der Waals surface area contributed by atoms with Crippen molar-refractivity contribution in [2.75, 3.05) is 20.0 Å². The van der Waals surface area contributed by atoms with Gasteiger partial charge in [0.15, 0.2) is 27.2 Å². The fraction of sp³-hybridized carbons (Fsp3) is 0.364. The number of esters is 1. The molecule has 142 valence electrons. The SMILES string of the molecule is CON=C(C(=O)N[C@H]1C(=O)N(S(=O)(=O)[O-])[C@@H]1C(=O)OC)c1csc(N)n1.[Na+]. The maximum atomic E-state index is 12.4. The Morgan fingerprint density at radius 2 is 2.07 bits per heavy atom. The zero-order chi connectivity index (χ0) is 19.6. The molecule has 1 fully saturated rings. The summed E-state index contributed by atoms with van der Waals surface area (Å²) in [4.78, 5) is 44.4. The summed E-state index contributed by atoms with van der Waals surface area (Å²) in [5, 5.41) is 7.10. The van der Waals surface area contributed by atoms with E-state index < -0.39 is 40.2 Å². The number of hydrogen-bond donors (Lipinski definition) is 2. The molecule has 13 nitrogen and oxygen atoms in total. The number of thiazole rings is 1. The second kappa shape index (κ2) is 8.94.